The van der Waals surface area contributed by atoms with E-state index in [1.165, 1.54) is 0 Å². The summed E-state index contributed by atoms with van der Waals surface area (Å²) >= 11 is 0. The normalized spacial score (nSPS) is 13.8. The Balaban J connectivity index is 2.02. The van der Waals surface area contributed by atoms with Crippen LogP contribution < -0.4 is 5.32 Å². The summed E-state index contributed by atoms with van der Waals surface area (Å²) < 4.78 is 38.3. The van der Waals surface area contributed by atoms with Crippen LogP contribution in [0.5, 0.6) is 0 Å². The number of rotatable bonds is 6. The van der Waals surface area contributed by atoms with Crippen LogP contribution in [-0.2, 0) is 13.0 Å². The van der Waals surface area contributed by atoms with Gasteiger partial charge in [0.2, 0.25) is 0 Å². The number of benzene rings is 1. The van der Waals surface area contributed by atoms with Gasteiger partial charge in [0, 0.05) is 11.9 Å². The molecule has 2 rings (SSSR count). The number of fused-ring (bicyclic) bond motifs is 1. The number of halogens is 3. The van der Waals surface area contributed by atoms with Gasteiger partial charge in [-0.1, -0.05) is 25.1 Å². The van der Waals surface area contributed by atoms with Crippen LogP contribution >= 0.6 is 0 Å². The standard InChI is InChI=1S/C15H20F3N3/c1-3-21-14-7-5-4-6-12(14)13(20-21)8-11(2)9-19-10-15(16,17)18/h4-7,11,19H,3,8-10H2,1-2H3. The molecule has 0 saturated carbocycles. The van der Waals surface area contributed by atoms with Crippen molar-refractivity contribution in [2.45, 2.75) is 33.0 Å². The van der Waals surface area contributed by atoms with E-state index in [-0.39, 0.29) is 5.92 Å². The van der Waals surface area contributed by atoms with Crippen LogP contribution in [0.3, 0.4) is 0 Å². The van der Waals surface area contributed by atoms with E-state index in [1.807, 2.05) is 42.8 Å². The number of nitrogens with zero attached hydrogens (tertiary/aromatic N) is 2. The van der Waals surface area contributed by atoms with Gasteiger partial charge in [-0.25, -0.2) is 0 Å². The highest BCUT2D eigenvalue weighted by Crippen LogP contribution is 2.21. The fourth-order valence-corrected chi connectivity index (χ4v) is 2.45. The van der Waals surface area contributed by atoms with Crippen LogP contribution in [0, 0.1) is 5.92 Å². The average Bonchev–Trinajstić information content (AvgIpc) is 2.76. The first-order valence-electron chi connectivity index (χ1n) is 7.12. The van der Waals surface area contributed by atoms with Crippen molar-refractivity contribution in [1.29, 1.82) is 0 Å². The molecule has 1 N–H and O–H groups in total. The molecule has 2 aromatic rings. The second kappa shape index (κ2) is 6.47. The van der Waals surface area contributed by atoms with E-state index in [1.54, 1.807) is 0 Å². The molecule has 3 nitrogen and oxygen atoms in total. The Bertz CT molecular complexity index is 589. The second-order valence-electron chi connectivity index (χ2n) is 5.33. The van der Waals surface area contributed by atoms with Crippen molar-refractivity contribution in [2.24, 2.45) is 5.92 Å². The minimum atomic E-state index is -4.16. The van der Waals surface area contributed by atoms with Gasteiger partial charge in [0.25, 0.3) is 0 Å². The zero-order chi connectivity index (χ0) is 15.5. The fraction of sp³-hybridized carbons (Fsp3) is 0.533. The van der Waals surface area contributed by atoms with Crippen LogP contribution in [0.2, 0.25) is 0 Å². The van der Waals surface area contributed by atoms with Crippen LogP contribution in [0.15, 0.2) is 24.3 Å². The summed E-state index contributed by atoms with van der Waals surface area (Å²) in [7, 11) is 0. The van der Waals surface area contributed by atoms with E-state index in [4.69, 9.17) is 0 Å². The zero-order valence-electron chi connectivity index (χ0n) is 12.2. The highest BCUT2D eigenvalue weighted by Gasteiger charge is 2.26. The first-order chi connectivity index (χ1) is 9.90. The Kier molecular flexibility index (Phi) is 4.88. The summed E-state index contributed by atoms with van der Waals surface area (Å²) in [5.41, 5.74) is 2.03. The lowest BCUT2D eigenvalue weighted by Crippen LogP contribution is -2.32. The predicted octanol–water partition coefficient (Wildman–Crippen LogP) is 3.39. The van der Waals surface area contributed by atoms with Crippen molar-refractivity contribution in [3.8, 4) is 0 Å². The maximum atomic E-state index is 12.1. The van der Waals surface area contributed by atoms with E-state index in [2.05, 4.69) is 10.4 Å². The molecule has 0 bridgehead atoms. The lowest BCUT2D eigenvalue weighted by Gasteiger charge is -2.13. The molecule has 1 atom stereocenters. The first-order valence-corrected chi connectivity index (χ1v) is 7.12. The Morgan fingerprint density at radius 2 is 2.00 bits per heavy atom. The van der Waals surface area contributed by atoms with E-state index in [0.29, 0.717) is 13.0 Å². The van der Waals surface area contributed by atoms with Crippen LogP contribution in [0.25, 0.3) is 10.9 Å². The van der Waals surface area contributed by atoms with Crippen molar-refractivity contribution in [3.05, 3.63) is 30.0 Å². The summed E-state index contributed by atoms with van der Waals surface area (Å²) in [4.78, 5) is 0. The number of aromatic nitrogens is 2. The van der Waals surface area contributed by atoms with Gasteiger partial charge in [-0.05, 0) is 31.9 Å². The Labute approximate surface area is 122 Å². The zero-order valence-corrected chi connectivity index (χ0v) is 12.2. The molecule has 0 saturated heterocycles. The monoisotopic (exact) mass is 299 g/mol. The third kappa shape index (κ3) is 4.20. The number of alkyl halides is 3. The van der Waals surface area contributed by atoms with Crippen LogP contribution in [-0.4, -0.2) is 29.0 Å². The first kappa shape index (κ1) is 15.8. The van der Waals surface area contributed by atoms with Crippen LogP contribution in [0.1, 0.15) is 19.5 Å². The number of hydrogen-bond donors (Lipinski definition) is 1. The molecule has 0 aliphatic heterocycles. The molecule has 21 heavy (non-hydrogen) atoms. The minimum absolute atomic E-state index is 0.0935. The van der Waals surface area contributed by atoms with Gasteiger partial charge in [-0.2, -0.15) is 18.3 Å². The molecular weight excluding hydrogens is 279 g/mol. The molecule has 0 aliphatic rings. The summed E-state index contributed by atoms with van der Waals surface area (Å²) in [5, 5.41) is 8.11. The lowest BCUT2D eigenvalue weighted by atomic mass is 10.0. The summed E-state index contributed by atoms with van der Waals surface area (Å²) in [6.45, 7) is 4.12. The number of hydrogen-bond acceptors (Lipinski definition) is 2. The van der Waals surface area contributed by atoms with E-state index in [9.17, 15) is 13.2 Å². The molecule has 1 heterocycles. The average molecular weight is 299 g/mol. The highest BCUT2D eigenvalue weighted by molar-refractivity contribution is 5.81. The fourth-order valence-electron chi connectivity index (χ4n) is 2.45. The van der Waals surface area contributed by atoms with E-state index in [0.717, 1.165) is 23.1 Å². The molecule has 1 unspecified atom stereocenters. The third-order valence-corrected chi connectivity index (χ3v) is 3.39. The largest absolute Gasteiger partial charge is 0.401 e. The molecule has 1 aromatic heterocycles. The Morgan fingerprint density at radius 3 is 2.67 bits per heavy atom. The molecule has 0 radical (unpaired) electrons. The van der Waals surface area contributed by atoms with Crippen LogP contribution in [0.4, 0.5) is 13.2 Å². The minimum Gasteiger partial charge on any atom is -0.308 e. The number of para-hydroxylation sites is 1. The van der Waals surface area contributed by atoms with Crippen molar-refractivity contribution in [3.63, 3.8) is 0 Å². The molecule has 0 amide bonds. The van der Waals surface area contributed by atoms with Crippen molar-refractivity contribution in [2.75, 3.05) is 13.1 Å². The summed E-state index contributed by atoms with van der Waals surface area (Å²) in [5.74, 6) is 0.0935. The van der Waals surface area contributed by atoms with Gasteiger partial charge in [0.05, 0.1) is 17.8 Å². The molecule has 0 spiro atoms. The maximum absolute atomic E-state index is 12.1. The van der Waals surface area contributed by atoms with Crippen molar-refractivity contribution >= 4 is 10.9 Å². The molecular formula is C15H20F3N3. The SMILES string of the molecule is CCn1nc(CC(C)CNCC(F)(F)F)c2ccccc21. The molecule has 6 heteroatoms. The second-order valence-corrected chi connectivity index (χ2v) is 5.33. The smallest absolute Gasteiger partial charge is 0.308 e. The number of aryl methyl sites for hydroxylation is 1. The van der Waals surface area contributed by atoms with Gasteiger partial charge >= 0.3 is 6.18 Å². The summed E-state index contributed by atoms with van der Waals surface area (Å²) in [6, 6.07) is 7.95. The van der Waals surface area contributed by atoms with E-state index >= 15 is 0 Å². The summed E-state index contributed by atoms with van der Waals surface area (Å²) in [6.07, 6.45) is -3.49. The van der Waals surface area contributed by atoms with Gasteiger partial charge in [0.1, 0.15) is 0 Å². The molecule has 116 valence electrons. The topological polar surface area (TPSA) is 29.9 Å². The van der Waals surface area contributed by atoms with Crippen molar-refractivity contribution in [1.82, 2.24) is 15.1 Å². The van der Waals surface area contributed by atoms with E-state index < -0.39 is 12.7 Å². The maximum Gasteiger partial charge on any atom is 0.401 e. The molecule has 1 aromatic carbocycles. The van der Waals surface area contributed by atoms with Gasteiger partial charge in [-0.15, -0.1) is 0 Å². The third-order valence-electron chi connectivity index (χ3n) is 3.39. The highest BCUT2D eigenvalue weighted by atomic mass is 19.4. The van der Waals surface area contributed by atoms with Crippen molar-refractivity contribution < 1.29 is 13.2 Å². The predicted molar refractivity (Wildman–Crippen MR) is 77.2 cm³/mol. The quantitative estimate of drug-likeness (QED) is 0.886. The number of nitrogens with one attached hydrogen (secondary N) is 1. The Morgan fingerprint density at radius 1 is 1.29 bits per heavy atom. The van der Waals surface area contributed by atoms with Gasteiger partial charge in [0.15, 0.2) is 0 Å². The molecule has 0 aliphatic carbocycles. The van der Waals surface area contributed by atoms with Gasteiger partial charge < -0.3 is 5.32 Å². The Hall–Kier alpha value is -1.56. The lowest BCUT2D eigenvalue weighted by molar-refractivity contribution is -0.125. The van der Waals surface area contributed by atoms with Gasteiger partial charge in [-0.3, -0.25) is 4.68 Å². The molecule has 0 fully saturated rings.